The molecule has 0 aliphatic heterocycles. The number of carbonyl (C=O) groups is 1. The Morgan fingerprint density at radius 2 is 1.86 bits per heavy atom. The summed E-state index contributed by atoms with van der Waals surface area (Å²) in [5.74, 6) is 1.48. The summed E-state index contributed by atoms with van der Waals surface area (Å²) in [7, 11) is 1.63. The van der Waals surface area contributed by atoms with Crippen LogP contribution in [0.2, 0.25) is 5.02 Å². The van der Waals surface area contributed by atoms with E-state index in [2.05, 4.69) is 15.3 Å². The average molecular weight is 414 g/mol. The number of methoxy groups -OCH3 is 1. The van der Waals surface area contributed by atoms with Gasteiger partial charge in [0.15, 0.2) is 5.82 Å². The zero-order valence-corrected chi connectivity index (χ0v) is 17.4. The smallest absolute Gasteiger partial charge is 0.234 e. The van der Waals surface area contributed by atoms with Gasteiger partial charge in [-0.25, -0.2) is 9.97 Å². The molecule has 3 aromatic rings. The van der Waals surface area contributed by atoms with Crippen molar-refractivity contribution in [2.75, 3.05) is 18.2 Å². The van der Waals surface area contributed by atoms with Crippen molar-refractivity contribution >= 4 is 35.0 Å². The van der Waals surface area contributed by atoms with Crippen molar-refractivity contribution in [3.8, 4) is 17.1 Å². The van der Waals surface area contributed by atoms with Gasteiger partial charge in [-0.1, -0.05) is 29.4 Å². The number of aryl methyl sites for hydroxylation is 2. The lowest BCUT2D eigenvalue weighted by atomic mass is 10.2. The van der Waals surface area contributed by atoms with Crippen LogP contribution >= 0.6 is 23.4 Å². The van der Waals surface area contributed by atoms with Crippen LogP contribution in [0.4, 0.5) is 5.69 Å². The molecule has 0 bridgehead atoms. The van der Waals surface area contributed by atoms with Gasteiger partial charge in [0.2, 0.25) is 5.91 Å². The van der Waals surface area contributed by atoms with Gasteiger partial charge in [-0.05, 0) is 61.9 Å². The summed E-state index contributed by atoms with van der Waals surface area (Å²) >= 11 is 7.53. The third-order valence-corrected chi connectivity index (χ3v) is 5.15. The molecular weight excluding hydrogens is 394 g/mol. The Kier molecular flexibility index (Phi) is 6.54. The van der Waals surface area contributed by atoms with Gasteiger partial charge < -0.3 is 10.1 Å². The van der Waals surface area contributed by atoms with Crippen LogP contribution in [-0.4, -0.2) is 28.7 Å². The van der Waals surface area contributed by atoms with E-state index in [0.29, 0.717) is 16.5 Å². The number of carbonyl (C=O) groups excluding carboxylic acids is 1. The summed E-state index contributed by atoms with van der Waals surface area (Å²) in [4.78, 5) is 21.3. The number of amides is 1. The summed E-state index contributed by atoms with van der Waals surface area (Å²) in [5.41, 5.74) is 3.38. The number of hydrogen-bond donors (Lipinski definition) is 1. The Balaban J connectivity index is 1.68. The first-order chi connectivity index (χ1) is 13.4. The standard InChI is InChI=1S/C21H20ClN3O2S/c1-13-4-9-18(17(22)10-13)24-19(26)12-28-20-11-14(2)23-21(25-20)15-5-7-16(27-3)8-6-15/h4-11H,12H2,1-3H3,(H,24,26). The fourth-order valence-corrected chi connectivity index (χ4v) is 3.57. The van der Waals surface area contributed by atoms with E-state index in [4.69, 9.17) is 16.3 Å². The molecule has 0 unspecified atom stereocenters. The lowest BCUT2D eigenvalue weighted by Gasteiger charge is -2.09. The van der Waals surface area contributed by atoms with E-state index in [1.165, 1.54) is 11.8 Å². The predicted octanol–water partition coefficient (Wildman–Crippen LogP) is 5.15. The molecule has 144 valence electrons. The summed E-state index contributed by atoms with van der Waals surface area (Å²) in [6.07, 6.45) is 0. The number of hydrogen-bond acceptors (Lipinski definition) is 5. The van der Waals surface area contributed by atoms with Crippen molar-refractivity contribution in [2.24, 2.45) is 0 Å². The van der Waals surface area contributed by atoms with Crippen LogP contribution in [0.5, 0.6) is 5.75 Å². The molecule has 0 aliphatic rings. The predicted molar refractivity (Wildman–Crippen MR) is 114 cm³/mol. The average Bonchev–Trinajstić information content (AvgIpc) is 2.68. The van der Waals surface area contributed by atoms with Crippen molar-refractivity contribution < 1.29 is 9.53 Å². The third kappa shape index (κ3) is 5.24. The minimum atomic E-state index is -0.141. The number of thioether (sulfide) groups is 1. The van der Waals surface area contributed by atoms with Crippen molar-refractivity contribution in [3.63, 3.8) is 0 Å². The van der Waals surface area contributed by atoms with Crippen LogP contribution in [0.3, 0.4) is 0 Å². The summed E-state index contributed by atoms with van der Waals surface area (Å²) in [5, 5.41) is 4.10. The number of nitrogens with one attached hydrogen (secondary N) is 1. The molecule has 0 spiro atoms. The topological polar surface area (TPSA) is 64.1 Å². The Labute approximate surface area is 173 Å². The van der Waals surface area contributed by atoms with Gasteiger partial charge in [0.25, 0.3) is 0 Å². The number of rotatable bonds is 6. The highest BCUT2D eigenvalue weighted by atomic mass is 35.5. The molecule has 3 rings (SSSR count). The summed E-state index contributed by atoms with van der Waals surface area (Å²) in [6, 6.07) is 14.9. The first kappa shape index (κ1) is 20.2. The molecule has 0 saturated carbocycles. The van der Waals surface area contributed by atoms with Crippen LogP contribution < -0.4 is 10.1 Å². The van der Waals surface area contributed by atoms with Crippen LogP contribution in [0, 0.1) is 13.8 Å². The number of nitrogens with zero attached hydrogens (tertiary/aromatic N) is 2. The second kappa shape index (κ2) is 9.08. The lowest BCUT2D eigenvalue weighted by Crippen LogP contribution is -2.14. The molecule has 1 amide bonds. The lowest BCUT2D eigenvalue weighted by molar-refractivity contribution is -0.113. The minimum absolute atomic E-state index is 0.141. The first-order valence-electron chi connectivity index (χ1n) is 8.63. The van der Waals surface area contributed by atoms with E-state index in [1.807, 2.05) is 56.3 Å². The molecule has 2 aromatic carbocycles. The van der Waals surface area contributed by atoms with E-state index >= 15 is 0 Å². The highest BCUT2D eigenvalue weighted by molar-refractivity contribution is 7.99. The Bertz CT molecular complexity index is 993. The van der Waals surface area contributed by atoms with Gasteiger partial charge in [-0.3, -0.25) is 4.79 Å². The van der Waals surface area contributed by atoms with Crippen LogP contribution in [-0.2, 0) is 4.79 Å². The van der Waals surface area contributed by atoms with Crippen molar-refractivity contribution in [3.05, 3.63) is 64.8 Å². The monoisotopic (exact) mass is 413 g/mol. The Hall–Kier alpha value is -2.57. The quantitative estimate of drug-likeness (QED) is 0.447. The van der Waals surface area contributed by atoms with E-state index in [0.717, 1.165) is 27.6 Å². The van der Waals surface area contributed by atoms with Crippen LogP contribution in [0.1, 0.15) is 11.3 Å². The second-order valence-electron chi connectivity index (χ2n) is 6.22. The number of benzene rings is 2. The van der Waals surface area contributed by atoms with Gasteiger partial charge in [-0.2, -0.15) is 0 Å². The molecule has 0 atom stereocenters. The molecule has 1 N–H and O–H groups in total. The van der Waals surface area contributed by atoms with E-state index in [-0.39, 0.29) is 11.7 Å². The molecule has 1 aromatic heterocycles. The zero-order chi connectivity index (χ0) is 20.1. The number of ether oxygens (including phenoxy) is 1. The van der Waals surface area contributed by atoms with Crippen molar-refractivity contribution in [1.82, 2.24) is 9.97 Å². The normalized spacial score (nSPS) is 10.6. The highest BCUT2D eigenvalue weighted by Gasteiger charge is 2.10. The maximum atomic E-state index is 12.3. The van der Waals surface area contributed by atoms with Gasteiger partial charge in [0.05, 0.1) is 23.6 Å². The Morgan fingerprint density at radius 1 is 1.11 bits per heavy atom. The summed E-state index contributed by atoms with van der Waals surface area (Å²) < 4.78 is 5.18. The molecule has 0 fully saturated rings. The molecule has 0 radical (unpaired) electrons. The highest BCUT2D eigenvalue weighted by Crippen LogP contribution is 2.25. The molecular formula is C21H20ClN3O2S. The number of anilines is 1. The van der Waals surface area contributed by atoms with E-state index in [1.54, 1.807) is 13.2 Å². The fourth-order valence-electron chi connectivity index (χ4n) is 2.53. The minimum Gasteiger partial charge on any atom is -0.497 e. The third-order valence-electron chi connectivity index (χ3n) is 3.93. The zero-order valence-electron chi connectivity index (χ0n) is 15.8. The molecule has 1 heterocycles. The molecule has 28 heavy (non-hydrogen) atoms. The van der Waals surface area contributed by atoms with Crippen LogP contribution in [0.15, 0.2) is 53.6 Å². The molecule has 5 nitrogen and oxygen atoms in total. The Morgan fingerprint density at radius 3 is 2.54 bits per heavy atom. The van der Waals surface area contributed by atoms with Gasteiger partial charge in [-0.15, -0.1) is 0 Å². The fraction of sp³-hybridized carbons (Fsp3) is 0.190. The van der Waals surface area contributed by atoms with Gasteiger partial charge >= 0.3 is 0 Å². The van der Waals surface area contributed by atoms with Gasteiger partial charge in [0, 0.05) is 11.3 Å². The number of aromatic nitrogens is 2. The van der Waals surface area contributed by atoms with E-state index < -0.39 is 0 Å². The van der Waals surface area contributed by atoms with Crippen molar-refractivity contribution in [1.29, 1.82) is 0 Å². The van der Waals surface area contributed by atoms with Crippen LogP contribution in [0.25, 0.3) is 11.4 Å². The second-order valence-corrected chi connectivity index (χ2v) is 7.62. The maximum Gasteiger partial charge on any atom is 0.234 e. The largest absolute Gasteiger partial charge is 0.497 e. The molecule has 0 saturated heterocycles. The van der Waals surface area contributed by atoms with E-state index in [9.17, 15) is 4.79 Å². The van der Waals surface area contributed by atoms with Crippen molar-refractivity contribution in [2.45, 2.75) is 18.9 Å². The van der Waals surface area contributed by atoms with Gasteiger partial charge in [0.1, 0.15) is 10.8 Å². The maximum absolute atomic E-state index is 12.3. The SMILES string of the molecule is COc1ccc(-c2nc(C)cc(SCC(=O)Nc3ccc(C)cc3Cl)n2)cc1. The molecule has 7 heteroatoms. The number of halogens is 1. The first-order valence-corrected chi connectivity index (χ1v) is 10.00. The molecule has 0 aliphatic carbocycles. The summed E-state index contributed by atoms with van der Waals surface area (Å²) in [6.45, 7) is 3.86.